The van der Waals surface area contributed by atoms with Gasteiger partial charge in [0.1, 0.15) is 11.0 Å². The number of alkyl halides is 3. The molecule has 0 saturated carbocycles. The lowest BCUT2D eigenvalue weighted by molar-refractivity contribution is -0.144. The van der Waals surface area contributed by atoms with Crippen molar-refractivity contribution in [2.45, 2.75) is 12.6 Å². The van der Waals surface area contributed by atoms with Crippen molar-refractivity contribution in [2.75, 3.05) is 23.4 Å². The molecule has 1 saturated heterocycles. The van der Waals surface area contributed by atoms with Crippen LogP contribution in [0.15, 0.2) is 6.07 Å². The lowest BCUT2D eigenvalue weighted by Gasteiger charge is -2.12. The first kappa shape index (κ1) is 13.7. The Kier molecular flexibility index (Phi) is 4.21. The number of rotatable bonds is 3. The van der Waals surface area contributed by atoms with Crippen molar-refractivity contribution in [3.63, 3.8) is 0 Å². The third kappa shape index (κ3) is 3.65. The molecule has 1 atom stereocenters. The number of thioether (sulfide) groups is 1. The number of nitrogens with zero attached hydrogens (tertiary/aromatic N) is 2. The summed E-state index contributed by atoms with van der Waals surface area (Å²) < 4.78 is 37.4. The summed E-state index contributed by atoms with van der Waals surface area (Å²) in [4.78, 5) is 6.60. The van der Waals surface area contributed by atoms with E-state index in [1.807, 2.05) is 11.8 Å². The summed E-state index contributed by atoms with van der Waals surface area (Å²) in [5, 5.41) is 2.68. The maximum absolute atomic E-state index is 12.5. The van der Waals surface area contributed by atoms with E-state index in [1.54, 1.807) is 0 Å². The summed E-state index contributed by atoms with van der Waals surface area (Å²) in [5.41, 5.74) is 0. The Bertz CT molecular complexity index is 421. The van der Waals surface area contributed by atoms with Crippen molar-refractivity contribution in [1.82, 2.24) is 9.97 Å². The molecule has 0 spiro atoms. The van der Waals surface area contributed by atoms with Crippen LogP contribution in [-0.2, 0) is 6.18 Å². The third-order valence-electron chi connectivity index (χ3n) is 2.54. The largest absolute Gasteiger partial charge is 0.451 e. The standard InChI is InChI=1S/C10H11ClF3N3S/c11-7-3-8(15-4-6-1-2-18-5-6)17-9(16-7)10(12,13)14/h3,6H,1-2,4-5H2,(H,15,16,17). The van der Waals surface area contributed by atoms with E-state index in [9.17, 15) is 13.2 Å². The van der Waals surface area contributed by atoms with E-state index in [0.717, 1.165) is 17.9 Å². The first-order chi connectivity index (χ1) is 8.45. The molecule has 0 bridgehead atoms. The van der Waals surface area contributed by atoms with Crippen molar-refractivity contribution in [2.24, 2.45) is 5.92 Å². The number of nitrogens with one attached hydrogen (secondary N) is 1. The maximum atomic E-state index is 12.5. The highest BCUT2D eigenvalue weighted by Crippen LogP contribution is 2.28. The van der Waals surface area contributed by atoms with Gasteiger partial charge in [0, 0.05) is 12.6 Å². The Morgan fingerprint density at radius 3 is 2.83 bits per heavy atom. The highest BCUT2D eigenvalue weighted by Gasteiger charge is 2.35. The molecule has 1 N–H and O–H groups in total. The van der Waals surface area contributed by atoms with E-state index in [4.69, 9.17) is 11.6 Å². The predicted octanol–water partition coefficient (Wildman–Crippen LogP) is 3.31. The second-order valence-corrected chi connectivity index (χ2v) is 5.54. The SMILES string of the molecule is FC(F)(F)c1nc(Cl)cc(NCC2CCSC2)n1. The summed E-state index contributed by atoms with van der Waals surface area (Å²) in [6.45, 7) is 0.609. The summed E-state index contributed by atoms with van der Waals surface area (Å²) in [6, 6.07) is 1.30. The van der Waals surface area contributed by atoms with Gasteiger partial charge in [0.15, 0.2) is 0 Å². The minimum absolute atomic E-state index is 0.124. The van der Waals surface area contributed by atoms with Gasteiger partial charge in [-0.25, -0.2) is 9.97 Å². The van der Waals surface area contributed by atoms with Crippen molar-refractivity contribution < 1.29 is 13.2 Å². The molecule has 1 aliphatic heterocycles. The van der Waals surface area contributed by atoms with Gasteiger partial charge in [0.25, 0.3) is 0 Å². The minimum Gasteiger partial charge on any atom is -0.370 e. The number of hydrogen-bond donors (Lipinski definition) is 1. The second-order valence-electron chi connectivity index (χ2n) is 4.01. The van der Waals surface area contributed by atoms with Crippen LogP contribution in [-0.4, -0.2) is 28.0 Å². The molecule has 0 aliphatic carbocycles. The van der Waals surface area contributed by atoms with E-state index < -0.39 is 12.0 Å². The highest BCUT2D eigenvalue weighted by molar-refractivity contribution is 7.99. The van der Waals surface area contributed by atoms with Crippen LogP contribution in [0.1, 0.15) is 12.2 Å². The molecule has 0 amide bonds. The number of halogens is 4. The molecule has 3 nitrogen and oxygen atoms in total. The van der Waals surface area contributed by atoms with Crippen LogP contribution >= 0.6 is 23.4 Å². The third-order valence-corrected chi connectivity index (χ3v) is 3.97. The van der Waals surface area contributed by atoms with Gasteiger partial charge in [-0.2, -0.15) is 24.9 Å². The molecule has 2 heterocycles. The molecule has 0 radical (unpaired) electrons. The minimum atomic E-state index is -4.58. The molecule has 1 aromatic heterocycles. The Hall–Kier alpha value is -0.690. The normalized spacial score (nSPS) is 20.1. The van der Waals surface area contributed by atoms with E-state index in [2.05, 4.69) is 15.3 Å². The van der Waals surface area contributed by atoms with Crippen molar-refractivity contribution in [1.29, 1.82) is 0 Å². The summed E-state index contributed by atoms with van der Waals surface area (Å²) in [7, 11) is 0. The van der Waals surface area contributed by atoms with Crippen LogP contribution in [0.3, 0.4) is 0 Å². The average Bonchev–Trinajstić information content (AvgIpc) is 2.77. The maximum Gasteiger partial charge on any atom is 0.451 e. The first-order valence-electron chi connectivity index (χ1n) is 5.38. The number of hydrogen-bond acceptors (Lipinski definition) is 4. The summed E-state index contributed by atoms with van der Waals surface area (Å²) in [5.74, 6) is 1.51. The van der Waals surface area contributed by atoms with Crippen LogP contribution in [0.25, 0.3) is 0 Å². The van der Waals surface area contributed by atoms with Gasteiger partial charge in [-0.05, 0) is 23.8 Å². The molecule has 0 aromatic carbocycles. The highest BCUT2D eigenvalue weighted by atomic mass is 35.5. The van der Waals surface area contributed by atoms with E-state index in [0.29, 0.717) is 12.5 Å². The van der Waals surface area contributed by atoms with Gasteiger partial charge in [-0.1, -0.05) is 11.6 Å². The first-order valence-corrected chi connectivity index (χ1v) is 6.92. The molecule has 1 aromatic rings. The monoisotopic (exact) mass is 297 g/mol. The van der Waals surface area contributed by atoms with Crippen LogP contribution in [0.2, 0.25) is 5.15 Å². The van der Waals surface area contributed by atoms with E-state index >= 15 is 0 Å². The topological polar surface area (TPSA) is 37.8 Å². The second kappa shape index (κ2) is 5.52. The zero-order valence-electron chi connectivity index (χ0n) is 9.30. The lowest BCUT2D eigenvalue weighted by Crippen LogP contribution is -2.17. The van der Waals surface area contributed by atoms with Gasteiger partial charge >= 0.3 is 6.18 Å². The lowest BCUT2D eigenvalue weighted by atomic mass is 10.1. The number of aromatic nitrogens is 2. The Morgan fingerprint density at radius 1 is 1.44 bits per heavy atom. The summed E-state index contributed by atoms with van der Waals surface area (Å²) >= 11 is 7.41. The molecular weight excluding hydrogens is 287 g/mol. The van der Waals surface area contributed by atoms with Gasteiger partial charge in [-0.15, -0.1) is 0 Å². The molecular formula is C10H11ClF3N3S. The van der Waals surface area contributed by atoms with Gasteiger partial charge in [0.2, 0.25) is 5.82 Å². The molecule has 1 unspecified atom stereocenters. The molecule has 1 fully saturated rings. The van der Waals surface area contributed by atoms with Crippen molar-refractivity contribution >= 4 is 29.2 Å². The molecule has 18 heavy (non-hydrogen) atoms. The number of anilines is 1. The van der Waals surface area contributed by atoms with Gasteiger partial charge < -0.3 is 5.32 Å². The van der Waals surface area contributed by atoms with Crippen LogP contribution < -0.4 is 5.32 Å². The fourth-order valence-corrected chi connectivity index (χ4v) is 3.10. The van der Waals surface area contributed by atoms with E-state index in [1.165, 1.54) is 6.07 Å². The molecule has 100 valence electrons. The predicted molar refractivity (Wildman–Crippen MR) is 66.0 cm³/mol. The quantitative estimate of drug-likeness (QED) is 0.869. The van der Waals surface area contributed by atoms with Crippen molar-refractivity contribution in [3.8, 4) is 0 Å². The van der Waals surface area contributed by atoms with Gasteiger partial charge in [0.05, 0.1) is 0 Å². The van der Waals surface area contributed by atoms with E-state index in [-0.39, 0.29) is 11.0 Å². The van der Waals surface area contributed by atoms with Crippen LogP contribution in [0.4, 0.5) is 19.0 Å². The smallest absolute Gasteiger partial charge is 0.370 e. The average molecular weight is 298 g/mol. The zero-order chi connectivity index (χ0) is 13.2. The Balaban J connectivity index is 2.05. The van der Waals surface area contributed by atoms with Gasteiger partial charge in [-0.3, -0.25) is 0 Å². The molecule has 1 aliphatic rings. The fraction of sp³-hybridized carbons (Fsp3) is 0.600. The van der Waals surface area contributed by atoms with Crippen LogP contribution in [0.5, 0.6) is 0 Å². The summed E-state index contributed by atoms with van der Waals surface area (Å²) in [6.07, 6.45) is -3.51. The molecule has 2 rings (SSSR count). The Labute approximate surface area is 112 Å². The zero-order valence-corrected chi connectivity index (χ0v) is 10.9. The fourth-order valence-electron chi connectivity index (χ4n) is 1.63. The van der Waals surface area contributed by atoms with Crippen LogP contribution in [0, 0.1) is 5.92 Å². The molecule has 8 heteroatoms. The Morgan fingerprint density at radius 2 is 2.22 bits per heavy atom. The van der Waals surface area contributed by atoms with Crippen molar-refractivity contribution in [3.05, 3.63) is 17.0 Å².